The van der Waals surface area contributed by atoms with Gasteiger partial charge in [0.15, 0.2) is 0 Å². The Hall–Kier alpha value is -1.31. The SMILES string of the molecule is CC(CN1CCCCCCC1)C(c1ccccc1)c1ccccc1.Cl. The zero-order chi connectivity index (χ0) is 16.6. The summed E-state index contributed by atoms with van der Waals surface area (Å²) in [5.74, 6) is 1.10. The third kappa shape index (κ3) is 5.87. The Morgan fingerprint density at radius 1 is 0.720 bits per heavy atom. The number of halogens is 1. The van der Waals surface area contributed by atoms with Crippen molar-refractivity contribution in [3.8, 4) is 0 Å². The van der Waals surface area contributed by atoms with Gasteiger partial charge in [-0.05, 0) is 43.0 Å². The van der Waals surface area contributed by atoms with Gasteiger partial charge in [-0.25, -0.2) is 0 Å². The summed E-state index contributed by atoms with van der Waals surface area (Å²) >= 11 is 0. The molecule has 0 spiro atoms. The number of likely N-dealkylation sites (tertiary alicyclic amines) is 1. The largest absolute Gasteiger partial charge is 0.303 e. The lowest BCUT2D eigenvalue weighted by Gasteiger charge is -2.32. The monoisotopic (exact) mass is 357 g/mol. The van der Waals surface area contributed by atoms with E-state index in [2.05, 4.69) is 72.5 Å². The summed E-state index contributed by atoms with van der Waals surface area (Å²) in [6, 6.07) is 22.1. The van der Waals surface area contributed by atoms with E-state index in [1.165, 1.54) is 62.9 Å². The van der Waals surface area contributed by atoms with E-state index in [9.17, 15) is 0 Å². The molecule has 0 radical (unpaired) electrons. The molecule has 1 heterocycles. The fraction of sp³-hybridized carbons (Fsp3) is 0.478. The highest BCUT2D eigenvalue weighted by Gasteiger charge is 2.23. The molecule has 2 heteroatoms. The van der Waals surface area contributed by atoms with Crippen LogP contribution in [0.3, 0.4) is 0 Å². The second-order valence-electron chi connectivity index (χ2n) is 7.34. The molecular weight excluding hydrogens is 326 g/mol. The van der Waals surface area contributed by atoms with Crippen LogP contribution >= 0.6 is 12.4 Å². The van der Waals surface area contributed by atoms with Gasteiger partial charge in [0, 0.05) is 12.5 Å². The molecule has 0 bridgehead atoms. The van der Waals surface area contributed by atoms with Gasteiger partial charge in [0.25, 0.3) is 0 Å². The maximum atomic E-state index is 2.71. The molecular formula is C23H32ClN. The molecule has 0 saturated carbocycles. The van der Waals surface area contributed by atoms with Crippen molar-refractivity contribution in [3.05, 3.63) is 71.8 Å². The smallest absolute Gasteiger partial charge is 0.0127 e. The van der Waals surface area contributed by atoms with Gasteiger partial charge >= 0.3 is 0 Å². The number of nitrogens with zero attached hydrogens (tertiary/aromatic N) is 1. The first kappa shape index (κ1) is 20.0. The fourth-order valence-electron chi connectivity index (χ4n) is 4.18. The van der Waals surface area contributed by atoms with Crippen LogP contribution in [0.15, 0.2) is 60.7 Å². The van der Waals surface area contributed by atoms with Crippen molar-refractivity contribution in [2.75, 3.05) is 19.6 Å². The van der Waals surface area contributed by atoms with Gasteiger partial charge in [-0.15, -0.1) is 12.4 Å². The first-order valence-electron chi connectivity index (χ1n) is 9.67. The van der Waals surface area contributed by atoms with Crippen LogP contribution in [-0.4, -0.2) is 24.5 Å². The van der Waals surface area contributed by atoms with E-state index < -0.39 is 0 Å². The van der Waals surface area contributed by atoms with Gasteiger partial charge < -0.3 is 4.90 Å². The minimum absolute atomic E-state index is 0. The number of rotatable bonds is 5. The Bertz CT molecular complexity index is 536. The van der Waals surface area contributed by atoms with Gasteiger partial charge in [-0.1, -0.05) is 86.8 Å². The van der Waals surface area contributed by atoms with Crippen LogP contribution in [0, 0.1) is 5.92 Å². The van der Waals surface area contributed by atoms with Gasteiger partial charge in [-0.2, -0.15) is 0 Å². The molecule has 136 valence electrons. The highest BCUT2D eigenvalue weighted by molar-refractivity contribution is 5.85. The molecule has 1 aliphatic rings. The molecule has 2 aromatic rings. The first-order valence-corrected chi connectivity index (χ1v) is 9.67. The fourth-order valence-corrected chi connectivity index (χ4v) is 4.18. The normalized spacial score (nSPS) is 17.4. The van der Waals surface area contributed by atoms with Crippen molar-refractivity contribution in [2.24, 2.45) is 5.92 Å². The average molecular weight is 358 g/mol. The van der Waals surface area contributed by atoms with Crippen LogP contribution < -0.4 is 0 Å². The van der Waals surface area contributed by atoms with E-state index in [0.29, 0.717) is 11.8 Å². The van der Waals surface area contributed by atoms with E-state index in [-0.39, 0.29) is 12.4 Å². The van der Waals surface area contributed by atoms with Crippen LogP contribution in [0.25, 0.3) is 0 Å². The molecule has 1 aliphatic heterocycles. The Morgan fingerprint density at radius 2 is 1.16 bits per heavy atom. The lowest BCUT2D eigenvalue weighted by Crippen LogP contribution is -2.33. The third-order valence-corrected chi connectivity index (χ3v) is 5.38. The zero-order valence-electron chi connectivity index (χ0n) is 15.4. The molecule has 2 aromatic carbocycles. The Kier molecular flexibility index (Phi) is 8.51. The highest BCUT2D eigenvalue weighted by Crippen LogP contribution is 2.32. The van der Waals surface area contributed by atoms with E-state index in [1.54, 1.807) is 0 Å². The topological polar surface area (TPSA) is 3.24 Å². The molecule has 0 amide bonds. The van der Waals surface area contributed by atoms with Gasteiger partial charge in [0.1, 0.15) is 0 Å². The summed E-state index contributed by atoms with van der Waals surface area (Å²) in [7, 11) is 0. The molecule has 0 aliphatic carbocycles. The van der Waals surface area contributed by atoms with E-state index >= 15 is 0 Å². The molecule has 3 rings (SSSR count). The summed E-state index contributed by atoms with van der Waals surface area (Å²) in [5, 5.41) is 0. The van der Waals surface area contributed by atoms with Crippen molar-refractivity contribution in [1.82, 2.24) is 4.90 Å². The highest BCUT2D eigenvalue weighted by atomic mass is 35.5. The second kappa shape index (κ2) is 10.6. The van der Waals surface area contributed by atoms with Crippen molar-refractivity contribution in [3.63, 3.8) is 0 Å². The molecule has 25 heavy (non-hydrogen) atoms. The Balaban J connectivity index is 0.00000225. The molecule has 1 saturated heterocycles. The van der Waals surface area contributed by atoms with E-state index in [1.807, 2.05) is 0 Å². The first-order chi connectivity index (χ1) is 11.8. The number of hydrogen-bond acceptors (Lipinski definition) is 1. The van der Waals surface area contributed by atoms with Crippen LogP contribution in [-0.2, 0) is 0 Å². The minimum atomic E-state index is 0. The van der Waals surface area contributed by atoms with Crippen LogP contribution in [0.2, 0.25) is 0 Å². The number of hydrogen-bond donors (Lipinski definition) is 0. The predicted molar refractivity (Wildman–Crippen MR) is 111 cm³/mol. The summed E-state index contributed by atoms with van der Waals surface area (Å²) < 4.78 is 0. The molecule has 1 atom stereocenters. The summed E-state index contributed by atoms with van der Waals surface area (Å²) in [4.78, 5) is 2.71. The van der Waals surface area contributed by atoms with Crippen LogP contribution in [0.1, 0.15) is 56.1 Å². The van der Waals surface area contributed by atoms with Crippen molar-refractivity contribution in [2.45, 2.75) is 44.9 Å². The summed E-state index contributed by atoms with van der Waals surface area (Å²) in [6.07, 6.45) is 6.99. The maximum Gasteiger partial charge on any atom is 0.0127 e. The average Bonchev–Trinajstić information content (AvgIpc) is 2.59. The van der Waals surface area contributed by atoms with E-state index in [4.69, 9.17) is 0 Å². The summed E-state index contributed by atoms with van der Waals surface area (Å²) in [5.41, 5.74) is 2.89. The van der Waals surface area contributed by atoms with Gasteiger partial charge in [0.05, 0.1) is 0 Å². The lowest BCUT2D eigenvalue weighted by molar-refractivity contribution is 0.210. The molecule has 0 aromatic heterocycles. The van der Waals surface area contributed by atoms with Crippen molar-refractivity contribution in [1.29, 1.82) is 0 Å². The molecule has 1 nitrogen and oxygen atoms in total. The van der Waals surface area contributed by atoms with Crippen molar-refractivity contribution < 1.29 is 0 Å². The minimum Gasteiger partial charge on any atom is -0.303 e. The molecule has 1 fully saturated rings. The third-order valence-electron chi connectivity index (χ3n) is 5.38. The lowest BCUT2D eigenvalue weighted by atomic mass is 9.81. The Morgan fingerprint density at radius 3 is 1.64 bits per heavy atom. The quantitative estimate of drug-likeness (QED) is 0.621. The van der Waals surface area contributed by atoms with Crippen molar-refractivity contribution >= 4 is 12.4 Å². The summed E-state index contributed by atoms with van der Waals surface area (Å²) in [6.45, 7) is 6.19. The van der Waals surface area contributed by atoms with Gasteiger partial charge in [0.2, 0.25) is 0 Å². The maximum absolute atomic E-state index is 2.71. The van der Waals surface area contributed by atoms with Gasteiger partial charge in [-0.3, -0.25) is 0 Å². The molecule has 0 N–H and O–H groups in total. The Labute approximate surface area is 159 Å². The standard InChI is InChI=1S/C23H31N.ClH/c1-20(19-24-17-11-3-2-4-12-18-24)23(21-13-7-5-8-14-21)22-15-9-6-10-16-22;/h5-10,13-16,20,23H,2-4,11-12,17-19H2,1H3;1H. The zero-order valence-corrected chi connectivity index (χ0v) is 16.3. The van der Waals surface area contributed by atoms with Crippen LogP contribution in [0.4, 0.5) is 0 Å². The molecule has 1 unspecified atom stereocenters. The predicted octanol–water partition coefficient (Wildman–Crippen LogP) is 6.14. The number of benzene rings is 2. The van der Waals surface area contributed by atoms with E-state index in [0.717, 1.165) is 0 Å². The van der Waals surface area contributed by atoms with Crippen LogP contribution in [0.5, 0.6) is 0 Å². The second-order valence-corrected chi connectivity index (χ2v) is 7.34.